The third-order valence-electron chi connectivity index (χ3n) is 2.52. The van der Waals surface area contributed by atoms with Crippen molar-refractivity contribution in [3.05, 3.63) is 41.7 Å². The van der Waals surface area contributed by atoms with Crippen molar-refractivity contribution < 1.29 is 19.1 Å². The Balaban J connectivity index is 2.47. The summed E-state index contributed by atoms with van der Waals surface area (Å²) < 4.78 is 5.32. The summed E-state index contributed by atoms with van der Waals surface area (Å²) in [5.41, 5.74) is 6.31. The van der Waals surface area contributed by atoms with Crippen LogP contribution in [-0.4, -0.2) is 16.9 Å². The summed E-state index contributed by atoms with van der Waals surface area (Å²) in [6.45, 7) is 1.40. The lowest BCUT2D eigenvalue weighted by molar-refractivity contribution is 0.0698. The van der Waals surface area contributed by atoms with Crippen molar-refractivity contribution in [1.82, 2.24) is 0 Å². The second kappa shape index (κ2) is 4.37. The van der Waals surface area contributed by atoms with Crippen LogP contribution in [0.25, 0.3) is 11.3 Å². The fourth-order valence-corrected chi connectivity index (χ4v) is 1.58. The van der Waals surface area contributed by atoms with Crippen molar-refractivity contribution in [2.45, 2.75) is 6.92 Å². The number of carboxylic acid groups (broad SMARTS) is 1. The van der Waals surface area contributed by atoms with Gasteiger partial charge < -0.3 is 15.3 Å². The molecule has 0 saturated heterocycles. The van der Waals surface area contributed by atoms with Gasteiger partial charge in [0.05, 0.1) is 5.56 Å². The molecular formula is C13H11NO4. The molecule has 18 heavy (non-hydrogen) atoms. The number of ketones is 1. The van der Waals surface area contributed by atoms with E-state index >= 15 is 0 Å². The van der Waals surface area contributed by atoms with E-state index in [0.29, 0.717) is 11.3 Å². The van der Waals surface area contributed by atoms with Gasteiger partial charge in [-0.2, -0.15) is 0 Å². The summed E-state index contributed by atoms with van der Waals surface area (Å²) in [4.78, 5) is 22.1. The van der Waals surface area contributed by atoms with Gasteiger partial charge in [0.1, 0.15) is 5.76 Å². The van der Waals surface area contributed by atoms with E-state index in [9.17, 15) is 9.59 Å². The van der Waals surface area contributed by atoms with E-state index in [0.717, 1.165) is 0 Å². The second-order valence-electron chi connectivity index (χ2n) is 3.83. The number of aromatic carboxylic acids is 1. The maximum Gasteiger partial charge on any atom is 0.337 e. The number of rotatable bonds is 3. The first-order valence-corrected chi connectivity index (χ1v) is 5.23. The Bertz CT molecular complexity index is 628. The van der Waals surface area contributed by atoms with Crippen LogP contribution in [0.15, 0.2) is 34.7 Å². The molecule has 0 aliphatic heterocycles. The van der Waals surface area contributed by atoms with Crippen molar-refractivity contribution in [2.75, 3.05) is 5.73 Å². The Morgan fingerprint density at radius 1 is 1.22 bits per heavy atom. The summed E-state index contributed by atoms with van der Waals surface area (Å²) in [5, 5.41) is 8.97. The predicted molar refractivity (Wildman–Crippen MR) is 65.5 cm³/mol. The fraction of sp³-hybridized carbons (Fsp3) is 0.0769. The summed E-state index contributed by atoms with van der Waals surface area (Å²) >= 11 is 0. The Hall–Kier alpha value is -2.56. The van der Waals surface area contributed by atoms with Crippen LogP contribution < -0.4 is 5.73 Å². The van der Waals surface area contributed by atoms with Crippen molar-refractivity contribution in [3.8, 4) is 11.3 Å². The number of benzene rings is 1. The maximum absolute atomic E-state index is 11.1. The molecule has 0 atom stereocenters. The molecule has 0 radical (unpaired) electrons. The van der Waals surface area contributed by atoms with Gasteiger partial charge in [0.25, 0.3) is 0 Å². The lowest BCUT2D eigenvalue weighted by atomic mass is 10.1. The molecule has 2 aromatic rings. The van der Waals surface area contributed by atoms with Crippen LogP contribution in [0.2, 0.25) is 0 Å². The number of carbonyl (C=O) groups excluding carboxylic acids is 1. The number of nitrogen functional groups attached to an aromatic ring is 1. The first-order chi connectivity index (χ1) is 8.49. The van der Waals surface area contributed by atoms with Crippen molar-refractivity contribution >= 4 is 17.4 Å². The number of hydrogen-bond acceptors (Lipinski definition) is 4. The van der Waals surface area contributed by atoms with Gasteiger partial charge in [0, 0.05) is 18.2 Å². The molecule has 0 spiro atoms. The molecule has 3 N–H and O–H groups in total. The number of hydrogen-bond donors (Lipinski definition) is 2. The third-order valence-corrected chi connectivity index (χ3v) is 2.52. The highest BCUT2D eigenvalue weighted by Crippen LogP contribution is 2.26. The van der Waals surface area contributed by atoms with E-state index in [-0.39, 0.29) is 22.8 Å². The third kappa shape index (κ3) is 2.10. The van der Waals surface area contributed by atoms with Crippen molar-refractivity contribution in [3.63, 3.8) is 0 Å². The summed E-state index contributed by atoms with van der Waals surface area (Å²) in [5.74, 6) is -0.621. The molecule has 1 aromatic heterocycles. The minimum Gasteiger partial charge on any atom is -0.478 e. The molecule has 0 bridgehead atoms. The smallest absolute Gasteiger partial charge is 0.337 e. The van der Waals surface area contributed by atoms with E-state index in [2.05, 4.69) is 0 Å². The molecule has 0 saturated carbocycles. The standard InChI is InChI=1S/C13H11NO4/c1-7(15)11-4-5-12(18-11)8-2-3-10(14)9(6-8)13(16)17/h2-6H,14H2,1H3,(H,16,17). The normalized spacial score (nSPS) is 10.3. The summed E-state index contributed by atoms with van der Waals surface area (Å²) in [6, 6.07) is 7.72. The summed E-state index contributed by atoms with van der Waals surface area (Å²) in [6.07, 6.45) is 0. The zero-order chi connectivity index (χ0) is 13.3. The molecule has 0 amide bonds. The minimum absolute atomic E-state index is 0.00766. The van der Waals surface area contributed by atoms with E-state index in [1.807, 2.05) is 0 Å². The van der Waals surface area contributed by atoms with Crippen LogP contribution in [-0.2, 0) is 0 Å². The average molecular weight is 245 g/mol. The maximum atomic E-state index is 11.1. The van der Waals surface area contributed by atoms with Crippen molar-refractivity contribution in [2.24, 2.45) is 0 Å². The van der Waals surface area contributed by atoms with E-state index in [1.54, 1.807) is 18.2 Å². The van der Waals surface area contributed by atoms with Crippen LogP contribution in [0.4, 0.5) is 5.69 Å². The molecular weight excluding hydrogens is 234 g/mol. The largest absolute Gasteiger partial charge is 0.478 e. The molecule has 1 heterocycles. The van der Waals surface area contributed by atoms with E-state index in [1.165, 1.54) is 19.1 Å². The monoisotopic (exact) mass is 245 g/mol. The van der Waals surface area contributed by atoms with Crippen LogP contribution in [0.1, 0.15) is 27.8 Å². The molecule has 0 fully saturated rings. The van der Waals surface area contributed by atoms with Gasteiger partial charge in [0.2, 0.25) is 0 Å². The second-order valence-corrected chi connectivity index (χ2v) is 3.83. The van der Waals surface area contributed by atoms with Crippen LogP contribution in [0, 0.1) is 0 Å². The van der Waals surface area contributed by atoms with Crippen LogP contribution in [0.5, 0.6) is 0 Å². The lowest BCUT2D eigenvalue weighted by Crippen LogP contribution is -2.02. The number of Topliss-reactive ketones (excluding diaryl/α,β-unsaturated/α-hetero) is 1. The van der Waals surface area contributed by atoms with Crippen LogP contribution in [0.3, 0.4) is 0 Å². The summed E-state index contributed by atoms with van der Waals surface area (Å²) in [7, 11) is 0. The number of furan rings is 1. The van der Waals surface area contributed by atoms with Gasteiger partial charge in [-0.15, -0.1) is 0 Å². The number of carboxylic acids is 1. The molecule has 5 heteroatoms. The molecule has 92 valence electrons. The highest BCUT2D eigenvalue weighted by molar-refractivity contribution is 5.95. The van der Waals surface area contributed by atoms with Gasteiger partial charge in [-0.3, -0.25) is 4.79 Å². The number of anilines is 1. The molecule has 0 unspecified atom stereocenters. The first-order valence-electron chi connectivity index (χ1n) is 5.23. The number of carbonyl (C=O) groups is 2. The van der Waals surface area contributed by atoms with Crippen LogP contribution >= 0.6 is 0 Å². The molecule has 0 aliphatic carbocycles. The lowest BCUT2D eigenvalue weighted by Gasteiger charge is -2.03. The average Bonchev–Trinajstić information content (AvgIpc) is 2.78. The molecule has 5 nitrogen and oxygen atoms in total. The number of nitrogens with two attached hydrogens (primary N) is 1. The van der Waals surface area contributed by atoms with Crippen molar-refractivity contribution in [1.29, 1.82) is 0 Å². The zero-order valence-corrected chi connectivity index (χ0v) is 9.64. The topological polar surface area (TPSA) is 93.5 Å². The zero-order valence-electron chi connectivity index (χ0n) is 9.64. The highest BCUT2D eigenvalue weighted by atomic mass is 16.4. The Morgan fingerprint density at radius 2 is 1.94 bits per heavy atom. The molecule has 2 rings (SSSR count). The van der Waals surface area contributed by atoms with Gasteiger partial charge >= 0.3 is 5.97 Å². The Morgan fingerprint density at radius 3 is 2.50 bits per heavy atom. The quantitative estimate of drug-likeness (QED) is 0.639. The molecule has 1 aromatic carbocycles. The highest BCUT2D eigenvalue weighted by Gasteiger charge is 2.12. The Kier molecular flexibility index (Phi) is 2.89. The Labute approximate surface area is 103 Å². The minimum atomic E-state index is -1.10. The SMILES string of the molecule is CC(=O)c1ccc(-c2ccc(N)c(C(=O)O)c2)o1. The van der Waals surface area contributed by atoms with E-state index < -0.39 is 5.97 Å². The fourth-order valence-electron chi connectivity index (χ4n) is 1.58. The van der Waals surface area contributed by atoms with Gasteiger partial charge in [-0.25, -0.2) is 4.79 Å². The molecule has 0 aliphatic rings. The van der Waals surface area contributed by atoms with Gasteiger partial charge in [-0.1, -0.05) is 0 Å². The predicted octanol–water partition coefficient (Wildman–Crippen LogP) is 2.43. The van der Waals surface area contributed by atoms with Gasteiger partial charge in [0.15, 0.2) is 11.5 Å². The van der Waals surface area contributed by atoms with Gasteiger partial charge in [-0.05, 0) is 30.3 Å². The first kappa shape index (κ1) is 11.9. The van der Waals surface area contributed by atoms with E-state index in [4.69, 9.17) is 15.3 Å².